The molecule has 0 unspecified atom stereocenters. The van der Waals surface area contributed by atoms with E-state index in [9.17, 15) is 18.4 Å². The third kappa shape index (κ3) is 5.41. The second-order valence-corrected chi connectivity index (χ2v) is 10.3. The molecular formula is C24H33N3O6S. The molecule has 0 aliphatic heterocycles. The number of nitrogens with zero attached hydrogens (tertiary/aromatic N) is 1. The zero-order valence-corrected chi connectivity index (χ0v) is 20.4. The minimum Gasteiger partial charge on any atom is -0.494 e. The largest absolute Gasteiger partial charge is 0.494 e. The van der Waals surface area contributed by atoms with Crippen LogP contribution < -0.4 is 15.5 Å². The van der Waals surface area contributed by atoms with Crippen LogP contribution in [-0.2, 0) is 25.9 Å². The molecule has 0 radical (unpaired) electrons. The van der Waals surface area contributed by atoms with Crippen LogP contribution in [0.15, 0.2) is 53.7 Å². The molecule has 1 saturated carbocycles. The number of sulfone groups is 1. The summed E-state index contributed by atoms with van der Waals surface area (Å²) in [5.74, 6) is -1.06. The molecule has 1 aliphatic rings. The number of carbonyl (C=O) groups excluding carboxylic acids is 1. The van der Waals surface area contributed by atoms with Gasteiger partial charge in [0.25, 0.3) is 5.91 Å². The van der Waals surface area contributed by atoms with Gasteiger partial charge in [-0.15, -0.1) is 0 Å². The molecular weight excluding hydrogens is 458 g/mol. The van der Waals surface area contributed by atoms with E-state index in [0.717, 1.165) is 5.56 Å². The predicted molar refractivity (Wildman–Crippen MR) is 126 cm³/mol. The Labute approximate surface area is 200 Å². The van der Waals surface area contributed by atoms with Crippen LogP contribution in [0.1, 0.15) is 45.1 Å². The average molecular weight is 492 g/mol. The van der Waals surface area contributed by atoms with Gasteiger partial charge in [-0.25, -0.2) is 13.9 Å². The van der Waals surface area contributed by atoms with E-state index in [1.807, 2.05) is 13.8 Å². The topological polar surface area (TPSA) is 127 Å². The first-order valence-corrected chi connectivity index (χ1v) is 13.0. The molecule has 186 valence electrons. The Morgan fingerprint density at radius 3 is 2.26 bits per heavy atom. The van der Waals surface area contributed by atoms with Crippen LogP contribution in [0.4, 0.5) is 0 Å². The van der Waals surface area contributed by atoms with Crippen LogP contribution in [0.2, 0.25) is 0 Å². The lowest BCUT2D eigenvalue weighted by molar-refractivity contribution is -0.135. The number of benzene rings is 1. The van der Waals surface area contributed by atoms with Crippen molar-refractivity contribution in [1.29, 1.82) is 0 Å². The van der Waals surface area contributed by atoms with Crippen molar-refractivity contribution in [2.75, 3.05) is 13.2 Å². The summed E-state index contributed by atoms with van der Waals surface area (Å²) in [5.41, 5.74) is 2.39. The Hall–Kier alpha value is -2.53. The normalized spacial score (nSPS) is 20.3. The molecule has 0 spiro atoms. The molecule has 1 fully saturated rings. The minimum atomic E-state index is -4.30. The molecule has 0 bridgehead atoms. The quantitative estimate of drug-likeness (QED) is 0.324. The first-order valence-electron chi connectivity index (χ1n) is 11.6. The third-order valence-corrected chi connectivity index (χ3v) is 8.67. The molecule has 1 atom stereocenters. The van der Waals surface area contributed by atoms with Gasteiger partial charge in [-0.2, -0.15) is 0 Å². The van der Waals surface area contributed by atoms with Crippen molar-refractivity contribution in [3.8, 4) is 5.75 Å². The molecule has 9 nitrogen and oxygen atoms in total. The summed E-state index contributed by atoms with van der Waals surface area (Å²) in [7, 11) is -4.30. The summed E-state index contributed by atoms with van der Waals surface area (Å²) in [6.07, 6.45) is 5.33. The first-order chi connectivity index (χ1) is 16.4. The Balaban J connectivity index is 2.05. The lowest BCUT2D eigenvalue weighted by Gasteiger charge is -2.42. The molecule has 3 N–H and O–H groups in total. The highest BCUT2D eigenvalue weighted by atomic mass is 32.2. The van der Waals surface area contributed by atoms with Gasteiger partial charge in [0.2, 0.25) is 14.7 Å². The Kier molecular flexibility index (Phi) is 9.01. The van der Waals surface area contributed by atoms with Crippen molar-refractivity contribution in [2.45, 2.75) is 61.9 Å². The summed E-state index contributed by atoms with van der Waals surface area (Å²) in [6.45, 7) is 4.87. The van der Waals surface area contributed by atoms with Crippen LogP contribution in [0.3, 0.4) is 0 Å². The van der Waals surface area contributed by atoms with Gasteiger partial charge < -0.3 is 9.47 Å². The number of pyridine rings is 1. The number of hydrogen-bond donors (Lipinski definition) is 3. The zero-order chi connectivity index (χ0) is 24.6. The number of carbonyl (C=O) groups is 1. The van der Waals surface area contributed by atoms with E-state index in [4.69, 9.17) is 9.47 Å². The summed E-state index contributed by atoms with van der Waals surface area (Å²) in [6, 6.07) is 9.47. The molecule has 34 heavy (non-hydrogen) atoms. The molecule has 1 aromatic heterocycles. The van der Waals surface area contributed by atoms with Crippen LogP contribution in [0.25, 0.3) is 0 Å². The number of hydroxylamine groups is 1. The van der Waals surface area contributed by atoms with E-state index in [-0.39, 0.29) is 17.5 Å². The first kappa shape index (κ1) is 26.1. The van der Waals surface area contributed by atoms with E-state index in [0.29, 0.717) is 44.6 Å². The molecule has 1 heterocycles. The van der Waals surface area contributed by atoms with Crippen molar-refractivity contribution in [3.63, 3.8) is 0 Å². The number of hydrogen-bond acceptors (Lipinski definition) is 8. The van der Waals surface area contributed by atoms with Gasteiger partial charge in [0.15, 0.2) is 0 Å². The molecule has 10 heteroatoms. The summed E-state index contributed by atoms with van der Waals surface area (Å²) < 4.78 is 39.4. The number of nitrogens with one attached hydrogen (secondary N) is 2. The highest BCUT2D eigenvalue weighted by Crippen LogP contribution is 2.41. The second-order valence-electron chi connectivity index (χ2n) is 8.22. The van der Waals surface area contributed by atoms with Crippen LogP contribution in [0.5, 0.6) is 5.75 Å². The van der Waals surface area contributed by atoms with Crippen LogP contribution >= 0.6 is 0 Å². The molecule has 0 saturated heterocycles. The Morgan fingerprint density at radius 2 is 1.71 bits per heavy atom. The van der Waals surface area contributed by atoms with Crippen molar-refractivity contribution in [3.05, 3.63) is 54.4 Å². The van der Waals surface area contributed by atoms with E-state index < -0.39 is 26.5 Å². The number of rotatable bonds is 11. The molecule has 2 aromatic rings. The lowest BCUT2D eigenvalue weighted by Crippen LogP contribution is -2.66. The van der Waals surface area contributed by atoms with Crippen LogP contribution in [-0.4, -0.2) is 48.7 Å². The van der Waals surface area contributed by atoms with Gasteiger partial charge in [0, 0.05) is 31.5 Å². The maximum atomic E-state index is 14.1. The van der Waals surface area contributed by atoms with Gasteiger partial charge in [0.05, 0.1) is 17.6 Å². The van der Waals surface area contributed by atoms with Gasteiger partial charge in [-0.3, -0.25) is 20.3 Å². The molecule has 1 aromatic carbocycles. The predicted octanol–water partition coefficient (Wildman–Crippen LogP) is 2.84. The smallest absolute Gasteiger partial charge is 0.280 e. The SMILES string of the molecule is CCOc1ccc(S(=O)(=O)[C@@](NCc2ccncc2)(C(=O)NO)C2CCC(OCC)CC2)cc1. The van der Waals surface area contributed by atoms with Gasteiger partial charge >= 0.3 is 0 Å². The zero-order valence-electron chi connectivity index (χ0n) is 19.6. The molecule has 1 aliphatic carbocycles. The minimum absolute atomic E-state index is 0.0181. The van der Waals surface area contributed by atoms with Crippen LogP contribution in [0, 0.1) is 5.92 Å². The van der Waals surface area contributed by atoms with Crippen molar-refractivity contribution >= 4 is 15.7 Å². The Morgan fingerprint density at radius 1 is 1.06 bits per heavy atom. The van der Waals surface area contributed by atoms with Crippen molar-refractivity contribution < 1.29 is 27.9 Å². The number of amides is 1. The van der Waals surface area contributed by atoms with Gasteiger partial charge in [0.1, 0.15) is 5.75 Å². The van der Waals surface area contributed by atoms with E-state index in [2.05, 4.69) is 10.3 Å². The summed E-state index contributed by atoms with van der Waals surface area (Å²) in [5, 5.41) is 12.7. The average Bonchev–Trinajstić information content (AvgIpc) is 2.86. The van der Waals surface area contributed by atoms with Crippen molar-refractivity contribution in [2.24, 2.45) is 5.92 Å². The van der Waals surface area contributed by atoms with Gasteiger partial charge in [-0.05, 0) is 81.5 Å². The highest BCUT2D eigenvalue weighted by molar-refractivity contribution is 7.93. The lowest BCUT2D eigenvalue weighted by atomic mass is 9.81. The molecule has 1 amide bonds. The summed E-state index contributed by atoms with van der Waals surface area (Å²) in [4.78, 5) is 15.1. The van der Waals surface area contributed by atoms with E-state index >= 15 is 0 Å². The van der Waals surface area contributed by atoms with Gasteiger partial charge in [-0.1, -0.05) is 0 Å². The highest BCUT2D eigenvalue weighted by Gasteiger charge is 2.57. The fourth-order valence-electron chi connectivity index (χ4n) is 4.60. The maximum Gasteiger partial charge on any atom is 0.280 e. The second kappa shape index (κ2) is 11.7. The monoisotopic (exact) mass is 491 g/mol. The fraction of sp³-hybridized carbons (Fsp3) is 0.500. The molecule has 3 rings (SSSR count). The fourth-order valence-corrected chi connectivity index (χ4v) is 6.70. The standard InChI is InChI=1S/C24H33N3O6S/c1-3-32-20-7-5-19(6-8-20)24(23(28)27-29,26-17-18-13-15-25-16-14-18)34(30,31)22-11-9-21(10-12-22)33-4-2/h9-16,19-20,26,29H,3-8,17H2,1-2H3,(H,27,28)/t19?,20?,24-/m1/s1. The Bertz CT molecular complexity index is 1020. The van der Waals surface area contributed by atoms with Crippen molar-refractivity contribution in [1.82, 2.24) is 15.8 Å². The summed E-state index contributed by atoms with van der Waals surface area (Å²) >= 11 is 0. The van der Waals surface area contributed by atoms with E-state index in [1.165, 1.54) is 12.1 Å². The third-order valence-electron chi connectivity index (χ3n) is 6.26. The number of ether oxygens (including phenoxy) is 2. The maximum absolute atomic E-state index is 14.1. The number of aromatic nitrogens is 1. The van der Waals surface area contributed by atoms with E-state index in [1.54, 1.807) is 42.1 Å².